The number of carbonyl (C=O) groups excluding carboxylic acids is 4. The van der Waals surface area contributed by atoms with Crippen molar-refractivity contribution < 1.29 is 80.2 Å². The summed E-state index contributed by atoms with van der Waals surface area (Å²) in [4.78, 5) is 72.3. The van der Waals surface area contributed by atoms with E-state index in [-0.39, 0.29) is 25.7 Å². The number of phosphoric acid groups is 2. The summed E-state index contributed by atoms with van der Waals surface area (Å²) in [5.41, 5.74) is 0. The molecule has 5 atom stereocenters. The second kappa shape index (κ2) is 66.3. The van der Waals surface area contributed by atoms with Gasteiger partial charge in [0.15, 0.2) is 12.2 Å². The van der Waals surface area contributed by atoms with Crippen LogP contribution in [0, 0.1) is 5.92 Å². The molecule has 0 amide bonds. The molecule has 0 radical (unpaired) electrons. The first kappa shape index (κ1) is 90.1. The Morgan fingerprint density at radius 1 is 0.293 bits per heavy atom. The van der Waals surface area contributed by atoms with Gasteiger partial charge in [-0.25, -0.2) is 9.13 Å². The van der Waals surface area contributed by atoms with E-state index in [1.165, 1.54) is 199 Å². The van der Waals surface area contributed by atoms with Crippen molar-refractivity contribution in [2.75, 3.05) is 39.6 Å². The van der Waals surface area contributed by atoms with Gasteiger partial charge in [-0.3, -0.25) is 37.3 Å². The monoisotopic (exact) mass is 1350 g/mol. The zero-order valence-electron chi connectivity index (χ0n) is 59.7. The highest BCUT2D eigenvalue weighted by Crippen LogP contribution is 2.45. The zero-order valence-corrected chi connectivity index (χ0v) is 61.5. The highest BCUT2D eigenvalue weighted by molar-refractivity contribution is 7.47. The van der Waals surface area contributed by atoms with Gasteiger partial charge in [0.2, 0.25) is 0 Å². The van der Waals surface area contributed by atoms with E-state index < -0.39 is 97.5 Å². The Labute approximate surface area is 562 Å². The first-order valence-electron chi connectivity index (χ1n) is 38.1. The van der Waals surface area contributed by atoms with Gasteiger partial charge < -0.3 is 33.8 Å². The average Bonchev–Trinajstić information content (AvgIpc) is 3.03. The minimum absolute atomic E-state index is 0.102. The van der Waals surface area contributed by atoms with Crippen LogP contribution in [-0.4, -0.2) is 96.7 Å². The highest BCUT2D eigenvalue weighted by atomic mass is 31.2. The molecule has 0 spiro atoms. The quantitative estimate of drug-likeness (QED) is 0.0222. The molecular formula is C73H142O17P2. The summed E-state index contributed by atoms with van der Waals surface area (Å²) in [6.07, 6.45) is 54.9. The second-order valence-electron chi connectivity index (χ2n) is 26.8. The molecular weight excluding hydrogens is 1210 g/mol. The van der Waals surface area contributed by atoms with E-state index >= 15 is 0 Å². The van der Waals surface area contributed by atoms with E-state index in [0.717, 1.165) is 96.3 Å². The number of aliphatic hydroxyl groups excluding tert-OH is 1. The van der Waals surface area contributed by atoms with E-state index in [0.29, 0.717) is 31.6 Å². The molecule has 0 rings (SSSR count). The maximum atomic E-state index is 13.1. The van der Waals surface area contributed by atoms with Gasteiger partial charge in [0.25, 0.3) is 0 Å². The fourth-order valence-electron chi connectivity index (χ4n) is 11.2. The highest BCUT2D eigenvalue weighted by Gasteiger charge is 2.30. The van der Waals surface area contributed by atoms with Crippen LogP contribution in [0.2, 0.25) is 0 Å². The summed E-state index contributed by atoms with van der Waals surface area (Å²) >= 11 is 0. The summed E-state index contributed by atoms with van der Waals surface area (Å²) in [5.74, 6) is -1.47. The SMILES string of the molecule is CCCCCCCCCCCCCCCCCCCCCCC(=O)O[C@H](COC(=O)CCCCCCCCCCCCCCCCCCCC)COP(=O)(O)OC[C@@H](O)COP(=O)(O)OC[C@@H](COC(=O)CCCCCCC)OC(=O)CCCCCCCCC(C)C. The van der Waals surface area contributed by atoms with Crippen molar-refractivity contribution in [3.05, 3.63) is 0 Å². The molecule has 2 unspecified atom stereocenters. The lowest BCUT2D eigenvalue weighted by atomic mass is 10.0. The summed E-state index contributed by atoms with van der Waals surface area (Å²) in [5, 5.41) is 10.6. The molecule has 3 N–H and O–H groups in total. The van der Waals surface area contributed by atoms with Crippen LogP contribution in [-0.2, 0) is 65.4 Å². The van der Waals surface area contributed by atoms with E-state index in [1.807, 2.05) is 0 Å². The summed E-state index contributed by atoms with van der Waals surface area (Å²) in [6.45, 7) is 7.08. The van der Waals surface area contributed by atoms with Gasteiger partial charge >= 0.3 is 39.5 Å². The minimum atomic E-state index is -4.95. The third kappa shape index (κ3) is 66.7. The fraction of sp³-hybridized carbons (Fsp3) is 0.945. The van der Waals surface area contributed by atoms with Gasteiger partial charge in [0.05, 0.1) is 26.4 Å². The van der Waals surface area contributed by atoms with Crippen LogP contribution in [0.15, 0.2) is 0 Å². The molecule has 0 aliphatic rings. The number of ether oxygens (including phenoxy) is 4. The smallest absolute Gasteiger partial charge is 0.462 e. The summed E-state index contributed by atoms with van der Waals surface area (Å²) in [7, 11) is -9.89. The lowest BCUT2D eigenvalue weighted by Crippen LogP contribution is -2.30. The Hall–Kier alpha value is -1.94. The molecule has 0 aliphatic carbocycles. The number of aliphatic hydroxyl groups is 1. The van der Waals surface area contributed by atoms with Gasteiger partial charge in [-0.2, -0.15) is 0 Å². The van der Waals surface area contributed by atoms with Crippen LogP contribution in [0.4, 0.5) is 0 Å². The van der Waals surface area contributed by atoms with Gasteiger partial charge in [-0.15, -0.1) is 0 Å². The number of hydrogen-bond acceptors (Lipinski definition) is 15. The standard InChI is InChI=1S/C73H142O17P2/c1-6-9-12-15-17-19-21-23-25-27-29-30-32-34-36-38-40-42-48-53-58-72(77)89-69(63-84-71(76)57-52-47-41-39-37-35-33-31-28-26-24-22-20-18-16-13-10-7-2)65-88-92(81,82)86-61-67(74)60-85-91(79,80)87-64-68(62-83-70(75)56-51-45-14-11-8-3)90-73(78)59-54-49-44-43-46-50-55-66(4)5/h66-69,74H,6-65H2,1-5H3,(H,79,80)(H,81,82)/t67-,68+,69+/m0/s1. The third-order valence-electron chi connectivity index (χ3n) is 17.0. The van der Waals surface area contributed by atoms with Crippen molar-refractivity contribution in [3.8, 4) is 0 Å². The molecule has 19 heteroatoms. The largest absolute Gasteiger partial charge is 0.472 e. The Balaban J connectivity index is 5.11. The lowest BCUT2D eigenvalue weighted by Gasteiger charge is -2.21. The number of hydrogen-bond donors (Lipinski definition) is 3. The Morgan fingerprint density at radius 2 is 0.500 bits per heavy atom. The van der Waals surface area contributed by atoms with Crippen molar-refractivity contribution >= 4 is 39.5 Å². The van der Waals surface area contributed by atoms with Crippen molar-refractivity contribution in [1.29, 1.82) is 0 Å². The van der Waals surface area contributed by atoms with Crippen LogP contribution in [0.5, 0.6) is 0 Å². The topological polar surface area (TPSA) is 237 Å². The van der Waals surface area contributed by atoms with Gasteiger partial charge in [0.1, 0.15) is 19.3 Å². The van der Waals surface area contributed by atoms with E-state index in [2.05, 4.69) is 34.6 Å². The van der Waals surface area contributed by atoms with E-state index in [9.17, 15) is 43.2 Å². The van der Waals surface area contributed by atoms with Gasteiger partial charge in [0, 0.05) is 25.7 Å². The molecule has 0 saturated heterocycles. The molecule has 0 aromatic heterocycles. The predicted molar refractivity (Wildman–Crippen MR) is 372 cm³/mol. The second-order valence-corrected chi connectivity index (χ2v) is 29.7. The zero-order chi connectivity index (χ0) is 67.7. The van der Waals surface area contributed by atoms with Crippen LogP contribution in [0.25, 0.3) is 0 Å². The Morgan fingerprint density at radius 3 is 0.739 bits per heavy atom. The molecule has 0 saturated carbocycles. The van der Waals surface area contributed by atoms with Crippen LogP contribution < -0.4 is 0 Å². The van der Waals surface area contributed by atoms with Crippen molar-refractivity contribution in [2.24, 2.45) is 5.92 Å². The van der Waals surface area contributed by atoms with E-state index in [1.54, 1.807) is 0 Å². The number of carbonyl (C=O) groups is 4. The number of rotatable bonds is 73. The van der Waals surface area contributed by atoms with Crippen molar-refractivity contribution in [2.45, 2.75) is 400 Å². The first-order valence-corrected chi connectivity index (χ1v) is 41.1. The first-order chi connectivity index (χ1) is 44.5. The maximum absolute atomic E-state index is 13.1. The Bertz CT molecular complexity index is 1770. The van der Waals surface area contributed by atoms with Crippen molar-refractivity contribution in [1.82, 2.24) is 0 Å². The molecule has 0 aromatic rings. The van der Waals surface area contributed by atoms with Crippen LogP contribution in [0.1, 0.15) is 381 Å². The number of esters is 4. The molecule has 0 fully saturated rings. The maximum Gasteiger partial charge on any atom is 0.472 e. The van der Waals surface area contributed by atoms with Gasteiger partial charge in [-0.1, -0.05) is 330 Å². The van der Waals surface area contributed by atoms with Gasteiger partial charge in [-0.05, 0) is 31.6 Å². The fourth-order valence-corrected chi connectivity index (χ4v) is 12.8. The average molecular weight is 1350 g/mol. The summed E-state index contributed by atoms with van der Waals surface area (Å²) < 4.78 is 68.1. The molecule has 92 heavy (non-hydrogen) atoms. The molecule has 546 valence electrons. The van der Waals surface area contributed by atoms with E-state index in [4.69, 9.17) is 37.0 Å². The summed E-state index contributed by atoms with van der Waals surface area (Å²) in [6, 6.07) is 0. The molecule has 0 bridgehead atoms. The third-order valence-corrected chi connectivity index (χ3v) is 18.9. The van der Waals surface area contributed by atoms with Crippen molar-refractivity contribution in [3.63, 3.8) is 0 Å². The molecule has 0 aromatic carbocycles. The minimum Gasteiger partial charge on any atom is -0.462 e. The van der Waals surface area contributed by atoms with Crippen LogP contribution in [0.3, 0.4) is 0 Å². The Kier molecular flexibility index (Phi) is 64.9. The normalized spacial score (nSPS) is 14.0. The lowest BCUT2D eigenvalue weighted by molar-refractivity contribution is -0.161. The molecule has 0 heterocycles. The predicted octanol–water partition coefficient (Wildman–Crippen LogP) is 21.3. The van der Waals surface area contributed by atoms with Crippen LogP contribution >= 0.6 is 15.6 Å². The number of phosphoric ester groups is 2. The molecule has 17 nitrogen and oxygen atoms in total. The number of unbranched alkanes of at least 4 members (excludes halogenated alkanes) is 45. The molecule has 0 aliphatic heterocycles.